The topological polar surface area (TPSA) is 89.3 Å². The molecule has 3 N–H and O–H groups in total. The molecule has 0 heterocycles. The molecule has 0 spiro atoms. The Morgan fingerprint density at radius 3 is 2.52 bits per heavy atom. The molecule has 1 amide bonds. The Balaban J connectivity index is 2.20. The summed E-state index contributed by atoms with van der Waals surface area (Å²) in [5.74, 6) is -0.866. The first-order chi connectivity index (χ1) is 9.52. The van der Waals surface area contributed by atoms with Gasteiger partial charge in [-0.3, -0.25) is 4.79 Å². The number of sulfonamides is 1. The minimum absolute atomic E-state index is 0.0411. The van der Waals surface area contributed by atoms with E-state index in [1.807, 2.05) is 0 Å². The molecule has 2 rings (SSSR count). The van der Waals surface area contributed by atoms with Crippen molar-refractivity contribution in [2.75, 3.05) is 6.54 Å². The van der Waals surface area contributed by atoms with Crippen LogP contribution in [0, 0.1) is 24.1 Å². The number of nitrogens with one attached hydrogen (secondary N) is 1. The molecule has 1 aliphatic rings. The maximum Gasteiger partial charge on any atom is 0.251 e. The lowest BCUT2D eigenvalue weighted by Gasteiger charge is -2.10. The van der Waals surface area contributed by atoms with Crippen LogP contribution in [-0.2, 0) is 10.0 Å². The summed E-state index contributed by atoms with van der Waals surface area (Å²) in [4.78, 5) is 11.7. The lowest BCUT2D eigenvalue weighted by molar-refractivity contribution is 0.0950. The lowest BCUT2D eigenvalue weighted by atomic mass is 10.1. The highest BCUT2D eigenvalue weighted by atomic mass is 32.2. The van der Waals surface area contributed by atoms with Gasteiger partial charge in [0.2, 0.25) is 10.0 Å². The summed E-state index contributed by atoms with van der Waals surface area (Å²) in [6, 6.07) is 2.14. The van der Waals surface area contributed by atoms with Crippen molar-refractivity contribution in [2.45, 2.75) is 32.1 Å². The smallest absolute Gasteiger partial charge is 0.251 e. The van der Waals surface area contributed by atoms with Gasteiger partial charge < -0.3 is 5.32 Å². The normalized spacial score (nSPS) is 20.1. The Morgan fingerprint density at radius 1 is 1.48 bits per heavy atom. The van der Waals surface area contributed by atoms with Crippen molar-refractivity contribution in [3.63, 3.8) is 0 Å². The molecule has 21 heavy (non-hydrogen) atoms. The van der Waals surface area contributed by atoms with Crippen molar-refractivity contribution in [2.24, 2.45) is 16.5 Å². The quantitative estimate of drug-likeness (QED) is 0.883. The van der Waals surface area contributed by atoms with E-state index in [0.717, 1.165) is 18.6 Å². The van der Waals surface area contributed by atoms with Crippen LogP contribution in [0.15, 0.2) is 17.0 Å². The predicted molar refractivity (Wildman–Crippen MR) is 76.7 cm³/mol. The molecule has 0 aromatic heterocycles. The molecular formula is C14H19FN2O3S. The number of primary sulfonamides is 1. The number of halogens is 1. The van der Waals surface area contributed by atoms with Crippen LogP contribution >= 0.6 is 0 Å². The summed E-state index contributed by atoms with van der Waals surface area (Å²) in [6.45, 7) is 6.01. The minimum atomic E-state index is -4.07. The van der Waals surface area contributed by atoms with Gasteiger partial charge in [-0.25, -0.2) is 17.9 Å². The van der Waals surface area contributed by atoms with E-state index in [-0.39, 0.29) is 21.4 Å². The van der Waals surface area contributed by atoms with Crippen LogP contribution in [0.1, 0.15) is 36.2 Å². The van der Waals surface area contributed by atoms with Gasteiger partial charge in [0.05, 0.1) is 4.90 Å². The second kappa shape index (κ2) is 5.06. The van der Waals surface area contributed by atoms with E-state index in [4.69, 9.17) is 5.14 Å². The molecule has 1 fully saturated rings. The van der Waals surface area contributed by atoms with Crippen LogP contribution in [0.25, 0.3) is 0 Å². The van der Waals surface area contributed by atoms with E-state index in [1.165, 1.54) is 6.92 Å². The highest BCUT2D eigenvalue weighted by Crippen LogP contribution is 2.50. The summed E-state index contributed by atoms with van der Waals surface area (Å²) >= 11 is 0. The first kappa shape index (κ1) is 15.9. The summed E-state index contributed by atoms with van der Waals surface area (Å²) in [5, 5.41) is 7.74. The molecule has 1 aliphatic carbocycles. The van der Waals surface area contributed by atoms with E-state index in [0.29, 0.717) is 12.5 Å². The van der Waals surface area contributed by atoms with Crippen LogP contribution in [0.4, 0.5) is 4.39 Å². The zero-order valence-electron chi connectivity index (χ0n) is 12.2. The number of rotatable bonds is 4. The Bertz CT molecular complexity index is 698. The molecule has 1 aromatic rings. The van der Waals surface area contributed by atoms with Crippen molar-refractivity contribution < 1.29 is 17.6 Å². The van der Waals surface area contributed by atoms with Gasteiger partial charge in [0, 0.05) is 17.7 Å². The number of carbonyl (C=O) groups is 1. The van der Waals surface area contributed by atoms with Gasteiger partial charge in [0.1, 0.15) is 5.82 Å². The summed E-state index contributed by atoms with van der Waals surface area (Å²) in [6.07, 6.45) is 1.03. The second-order valence-corrected chi connectivity index (χ2v) is 7.76. The molecule has 1 atom stereocenters. The van der Waals surface area contributed by atoms with Gasteiger partial charge in [-0.05, 0) is 36.8 Å². The summed E-state index contributed by atoms with van der Waals surface area (Å²) in [5.41, 5.74) is 0.0929. The number of carbonyl (C=O) groups excluding carboxylic acids is 1. The van der Waals surface area contributed by atoms with E-state index in [1.54, 1.807) is 0 Å². The Kier molecular flexibility index (Phi) is 3.84. The zero-order chi connectivity index (χ0) is 16.0. The average Bonchev–Trinajstić information content (AvgIpc) is 2.95. The van der Waals surface area contributed by atoms with Gasteiger partial charge in [-0.1, -0.05) is 13.8 Å². The van der Waals surface area contributed by atoms with Gasteiger partial charge in [-0.15, -0.1) is 0 Å². The first-order valence-electron chi connectivity index (χ1n) is 6.63. The monoisotopic (exact) mass is 314 g/mol. The fourth-order valence-electron chi connectivity index (χ4n) is 2.32. The Morgan fingerprint density at radius 2 is 2.05 bits per heavy atom. The SMILES string of the molecule is Cc1c(F)cc(C(=O)NCC2CC2(C)C)cc1S(N)(=O)=O. The first-order valence-corrected chi connectivity index (χ1v) is 8.18. The standard InChI is InChI=1S/C14H19FN2O3S/c1-8-11(15)4-9(5-12(8)21(16,19)20)13(18)17-7-10-6-14(10,2)3/h4-5,10H,6-7H2,1-3H3,(H,17,18)(H2,16,19,20). The lowest BCUT2D eigenvalue weighted by Crippen LogP contribution is -2.27. The van der Waals surface area contributed by atoms with Crippen LogP contribution in [0.2, 0.25) is 0 Å². The van der Waals surface area contributed by atoms with Gasteiger partial charge in [-0.2, -0.15) is 0 Å². The highest BCUT2D eigenvalue weighted by molar-refractivity contribution is 7.89. The van der Waals surface area contributed by atoms with Crippen LogP contribution in [0.3, 0.4) is 0 Å². The molecule has 7 heteroatoms. The van der Waals surface area contributed by atoms with Crippen LogP contribution in [-0.4, -0.2) is 20.9 Å². The van der Waals surface area contributed by atoms with E-state index >= 15 is 0 Å². The van der Waals surface area contributed by atoms with Crippen LogP contribution < -0.4 is 10.5 Å². The molecule has 0 aliphatic heterocycles. The molecule has 0 radical (unpaired) electrons. The van der Waals surface area contributed by atoms with Gasteiger partial charge in [0.15, 0.2) is 0 Å². The summed E-state index contributed by atoms with van der Waals surface area (Å²) < 4.78 is 36.6. The molecule has 5 nitrogen and oxygen atoms in total. The molecule has 116 valence electrons. The molecule has 0 bridgehead atoms. The van der Waals surface area contributed by atoms with Crippen molar-refractivity contribution >= 4 is 15.9 Å². The highest BCUT2D eigenvalue weighted by Gasteiger charge is 2.45. The molecular weight excluding hydrogens is 295 g/mol. The average molecular weight is 314 g/mol. The Labute approximate surface area is 123 Å². The molecule has 1 aromatic carbocycles. The number of benzene rings is 1. The minimum Gasteiger partial charge on any atom is -0.352 e. The van der Waals surface area contributed by atoms with Crippen molar-refractivity contribution in [3.05, 3.63) is 29.1 Å². The van der Waals surface area contributed by atoms with E-state index in [9.17, 15) is 17.6 Å². The molecule has 1 saturated carbocycles. The van der Waals surface area contributed by atoms with Crippen LogP contribution in [0.5, 0.6) is 0 Å². The van der Waals surface area contributed by atoms with E-state index in [2.05, 4.69) is 19.2 Å². The van der Waals surface area contributed by atoms with Crippen molar-refractivity contribution in [1.82, 2.24) is 5.32 Å². The predicted octanol–water partition coefficient (Wildman–Crippen LogP) is 1.56. The molecule has 0 saturated heterocycles. The van der Waals surface area contributed by atoms with Gasteiger partial charge >= 0.3 is 0 Å². The third-order valence-electron chi connectivity index (χ3n) is 4.09. The zero-order valence-corrected chi connectivity index (χ0v) is 13.1. The second-order valence-electron chi connectivity index (χ2n) is 6.23. The maximum atomic E-state index is 13.8. The number of hydrogen-bond donors (Lipinski definition) is 2. The number of amides is 1. The largest absolute Gasteiger partial charge is 0.352 e. The van der Waals surface area contributed by atoms with Crippen molar-refractivity contribution in [3.8, 4) is 0 Å². The van der Waals surface area contributed by atoms with E-state index < -0.39 is 21.7 Å². The third-order valence-corrected chi connectivity index (χ3v) is 5.13. The maximum absolute atomic E-state index is 13.8. The van der Waals surface area contributed by atoms with Gasteiger partial charge in [0.25, 0.3) is 5.91 Å². The summed E-state index contributed by atoms with van der Waals surface area (Å²) in [7, 11) is -4.07. The number of hydrogen-bond acceptors (Lipinski definition) is 3. The fraction of sp³-hybridized carbons (Fsp3) is 0.500. The number of nitrogens with two attached hydrogens (primary N) is 1. The third kappa shape index (κ3) is 3.41. The fourth-order valence-corrected chi connectivity index (χ4v) is 3.14. The Hall–Kier alpha value is -1.47. The molecule has 1 unspecified atom stereocenters. The van der Waals surface area contributed by atoms with Crippen molar-refractivity contribution in [1.29, 1.82) is 0 Å².